The molecule has 3 aromatic rings. The zero-order valence-electron chi connectivity index (χ0n) is 19.1. The number of aryl methyl sites for hydroxylation is 4. The van der Waals surface area contributed by atoms with Gasteiger partial charge in [-0.15, -0.1) is 0 Å². The van der Waals surface area contributed by atoms with Crippen LogP contribution in [0.25, 0.3) is 10.9 Å². The third-order valence-corrected chi connectivity index (χ3v) is 6.49. The molecule has 1 aliphatic heterocycles. The maximum Gasteiger partial charge on any atom is 0.0486 e. The SMILES string of the molecule is CCCN(C)CCN1CCc2c(c3cc(C)ccc3n2CCc2ccc(C)nc2)C1. The minimum atomic E-state index is 1.03. The molecule has 30 heavy (non-hydrogen) atoms. The smallest absolute Gasteiger partial charge is 0.0486 e. The van der Waals surface area contributed by atoms with Gasteiger partial charge < -0.3 is 9.47 Å². The third-order valence-electron chi connectivity index (χ3n) is 6.49. The summed E-state index contributed by atoms with van der Waals surface area (Å²) in [7, 11) is 2.24. The molecular formula is C26H36N4. The monoisotopic (exact) mass is 404 g/mol. The van der Waals surface area contributed by atoms with Crippen molar-refractivity contribution in [2.75, 3.05) is 33.2 Å². The van der Waals surface area contributed by atoms with Crippen LogP contribution in [0.2, 0.25) is 0 Å². The largest absolute Gasteiger partial charge is 0.344 e. The van der Waals surface area contributed by atoms with Gasteiger partial charge in [-0.05, 0) is 69.6 Å². The van der Waals surface area contributed by atoms with Crippen molar-refractivity contribution in [1.82, 2.24) is 19.4 Å². The first kappa shape index (κ1) is 21.1. The molecule has 0 amide bonds. The second kappa shape index (κ2) is 9.32. The van der Waals surface area contributed by atoms with Crippen molar-refractivity contribution < 1.29 is 0 Å². The quantitative estimate of drug-likeness (QED) is 0.549. The van der Waals surface area contributed by atoms with E-state index < -0.39 is 0 Å². The Balaban J connectivity index is 1.56. The number of aromatic nitrogens is 2. The lowest BCUT2D eigenvalue weighted by atomic mass is 10.0. The van der Waals surface area contributed by atoms with E-state index in [1.807, 2.05) is 13.1 Å². The molecule has 0 saturated carbocycles. The van der Waals surface area contributed by atoms with Crippen LogP contribution in [0.15, 0.2) is 36.5 Å². The Morgan fingerprint density at radius 1 is 1.07 bits per heavy atom. The van der Waals surface area contributed by atoms with Crippen LogP contribution < -0.4 is 0 Å². The standard InChI is InChI=1S/C26H36N4/c1-5-12-28(4)15-16-29-13-11-26-24(19-29)23-17-20(2)6-9-25(23)30(26)14-10-22-8-7-21(3)27-18-22/h6-9,17-18H,5,10-16,19H2,1-4H3. The first-order valence-electron chi connectivity index (χ1n) is 11.5. The molecular weight excluding hydrogens is 368 g/mol. The molecule has 4 heteroatoms. The van der Waals surface area contributed by atoms with Gasteiger partial charge in [0.15, 0.2) is 0 Å². The van der Waals surface area contributed by atoms with E-state index >= 15 is 0 Å². The molecule has 0 spiro atoms. The summed E-state index contributed by atoms with van der Waals surface area (Å²) in [6, 6.07) is 11.3. The molecule has 0 unspecified atom stereocenters. The van der Waals surface area contributed by atoms with Crippen LogP contribution in [0.1, 0.15) is 41.4 Å². The highest BCUT2D eigenvalue weighted by Gasteiger charge is 2.24. The first-order valence-corrected chi connectivity index (χ1v) is 11.5. The predicted molar refractivity (Wildman–Crippen MR) is 126 cm³/mol. The molecule has 4 nitrogen and oxygen atoms in total. The van der Waals surface area contributed by atoms with Crippen LogP contribution in [-0.4, -0.2) is 52.6 Å². The zero-order chi connectivity index (χ0) is 21.1. The van der Waals surface area contributed by atoms with Crippen molar-refractivity contribution in [3.05, 3.63) is 64.6 Å². The molecule has 1 aromatic carbocycles. The van der Waals surface area contributed by atoms with E-state index in [1.165, 1.54) is 35.0 Å². The first-order chi connectivity index (χ1) is 14.5. The molecule has 0 saturated heterocycles. The number of hydrogen-bond acceptors (Lipinski definition) is 3. The van der Waals surface area contributed by atoms with E-state index in [2.05, 4.69) is 70.6 Å². The Labute approximate surface area is 181 Å². The molecule has 0 fully saturated rings. The van der Waals surface area contributed by atoms with Crippen LogP contribution in [0, 0.1) is 13.8 Å². The lowest BCUT2D eigenvalue weighted by molar-refractivity contribution is 0.210. The highest BCUT2D eigenvalue weighted by Crippen LogP contribution is 2.32. The van der Waals surface area contributed by atoms with E-state index in [4.69, 9.17) is 0 Å². The molecule has 0 radical (unpaired) electrons. The number of benzene rings is 1. The van der Waals surface area contributed by atoms with E-state index in [1.54, 1.807) is 11.3 Å². The van der Waals surface area contributed by atoms with Gasteiger partial charge in [-0.3, -0.25) is 9.88 Å². The fourth-order valence-electron chi connectivity index (χ4n) is 4.76. The van der Waals surface area contributed by atoms with Crippen LogP contribution in [0.3, 0.4) is 0 Å². The van der Waals surface area contributed by atoms with E-state index in [-0.39, 0.29) is 0 Å². The Morgan fingerprint density at radius 2 is 1.93 bits per heavy atom. The second-order valence-corrected chi connectivity index (χ2v) is 8.98. The van der Waals surface area contributed by atoms with Gasteiger partial charge in [0.05, 0.1) is 0 Å². The number of pyridine rings is 1. The molecule has 1 aliphatic rings. The predicted octanol–water partition coefficient (Wildman–Crippen LogP) is 4.60. The number of fused-ring (bicyclic) bond motifs is 3. The number of hydrogen-bond donors (Lipinski definition) is 0. The average Bonchev–Trinajstić information content (AvgIpc) is 3.04. The Hall–Kier alpha value is -2.17. The lowest BCUT2D eigenvalue weighted by Crippen LogP contribution is -2.37. The molecule has 0 N–H and O–H groups in total. The van der Waals surface area contributed by atoms with Crippen molar-refractivity contribution in [1.29, 1.82) is 0 Å². The fraction of sp³-hybridized carbons (Fsp3) is 0.500. The van der Waals surface area contributed by atoms with Gasteiger partial charge in [0.2, 0.25) is 0 Å². The molecule has 3 heterocycles. The fourth-order valence-corrected chi connectivity index (χ4v) is 4.76. The van der Waals surface area contributed by atoms with Crippen LogP contribution in [0.4, 0.5) is 0 Å². The van der Waals surface area contributed by atoms with Gasteiger partial charge in [-0.2, -0.15) is 0 Å². The number of nitrogens with zero attached hydrogens (tertiary/aromatic N) is 4. The molecule has 2 aromatic heterocycles. The van der Waals surface area contributed by atoms with E-state index in [0.29, 0.717) is 0 Å². The molecule has 4 rings (SSSR count). The van der Waals surface area contributed by atoms with E-state index in [0.717, 1.165) is 51.3 Å². The van der Waals surface area contributed by atoms with Crippen LogP contribution in [-0.2, 0) is 25.9 Å². The topological polar surface area (TPSA) is 24.3 Å². The second-order valence-electron chi connectivity index (χ2n) is 8.98. The summed E-state index contributed by atoms with van der Waals surface area (Å²) in [5.74, 6) is 0. The van der Waals surface area contributed by atoms with Crippen LogP contribution >= 0.6 is 0 Å². The average molecular weight is 405 g/mol. The summed E-state index contributed by atoms with van der Waals surface area (Å²) in [4.78, 5) is 9.58. The molecule has 0 atom stereocenters. The van der Waals surface area contributed by atoms with Crippen molar-refractivity contribution >= 4 is 10.9 Å². The maximum absolute atomic E-state index is 4.48. The number of rotatable bonds is 8. The Kier molecular flexibility index (Phi) is 6.55. The number of likely N-dealkylation sites (N-methyl/N-ethyl adjacent to an activating group) is 1. The summed E-state index contributed by atoms with van der Waals surface area (Å²) >= 11 is 0. The van der Waals surface area contributed by atoms with Crippen LogP contribution in [0.5, 0.6) is 0 Å². The molecule has 0 aliphatic carbocycles. The van der Waals surface area contributed by atoms with Gasteiger partial charge in [-0.25, -0.2) is 0 Å². The van der Waals surface area contributed by atoms with Gasteiger partial charge in [-0.1, -0.05) is 24.6 Å². The van der Waals surface area contributed by atoms with Gasteiger partial charge in [0.1, 0.15) is 0 Å². The zero-order valence-corrected chi connectivity index (χ0v) is 19.1. The van der Waals surface area contributed by atoms with Crippen molar-refractivity contribution in [3.8, 4) is 0 Å². The van der Waals surface area contributed by atoms with Gasteiger partial charge >= 0.3 is 0 Å². The van der Waals surface area contributed by atoms with Crippen molar-refractivity contribution in [2.45, 2.75) is 53.1 Å². The molecule has 0 bridgehead atoms. The third kappa shape index (κ3) is 4.60. The highest BCUT2D eigenvalue weighted by atomic mass is 15.2. The van der Waals surface area contributed by atoms with E-state index in [9.17, 15) is 0 Å². The van der Waals surface area contributed by atoms with Gasteiger partial charge in [0, 0.05) is 67.6 Å². The summed E-state index contributed by atoms with van der Waals surface area (Å²) in [6.07, 6.45) is 5.44. The maximum atomic E-state index is 4.48. The summed E-state index contributed by atoms with van der Waals surface area (Å²) in [5.41, 5.74) is 8.26. The normalized spacial score (nSPS) is 14.6. The summed E-state index contributed by atoms with van der Waals surface area (Å²) in [5, 5.41) is 1.46. The van der Waals surface area contributed by atoms with Crippen molar-refractivity contribution in [2.24, 2.45) is 0 Å². The highest BCUT2D eigenvalue weighted by molar-refractivity contribution is 5.86. The summed E-state index contributed by atoms with van der Waals surface area (Å²) < 4.78 is 2.59. The molecule has 160 valence electrons. The summed E-state index contributed by atoms with van der Waals surface area (Å²) in [6.45, 7) is 13.3. The van der Waals surface area contributed by atoms with Crippen molar-refractivity contribution in [3.63, 3.8) is 0 Å². The Morgan fingerprint density at radius 3 is 2.70 bits per heavy atom. The minimum absolute atomic E-state index is 1.03. The Bertz CT molecular complexity index is 986. The lowest BCUT2D eigenvalue weighted by Gasteiger charge is -2.30. The van der Waals surface area contributed by atoms with Gasteiger partial charge in [0.25, 0.3) is 0 Å². The minimum Gasteiger partial charge on any atom is -0.344 e.